The molecule has 2 aliphatic heterocycles. The van der Waals surface area contributed by atoms with Crippen LogP contribution in [0, 0.1) is 11.6 Å². The minimum atomic E-state index is -4.52. The summed E-state index contributed by atoms with van der Waals surface area (Å²) in [6, 6.07) is 8.05. The van der Waals surface area contributed by atoms with Crippen LogP contribution in [-0.2, 0) is 36.0 Å². The molecule has 0 fully saturated rings. The molecule has 3 aliphatic rings. The first-order valence-corrected chi connectivity index (χ1v) is 13.6. The first kappa shape index (κ1) is 27.2. The van der Waals surface area contributed by atoms with E-state index in [1.54, 1.807) is 18.3 Å². The molecule has 1 aliphatic carbocycles. The largest absolute Gasteiger partial charge is 0.394 e. The zero-order valence-corrected chi connectivity index (χ0v) is 22.4. The van der Waals surface area contributed by atoms with Crippen molar-refractivity contribution in [3.05, 3.63) is 106 Å². The van der Waals surface area contributed by atoms with Crippen LogP contribution in [0.3, 0.4) is 0 Å². The lowest BCUT2D eigenvalue weighted by molar-refractivity contribution is -0.128. The summed E-state index contributed by atoms with van der Waals surface area (Å²) in [7, 11) is 0. The molecule has 0 saturated carbocycles. The Labute approximate surface area is 241 Å². The zero-order chi connectivity index (χ0) is 30.1. The monoisotopic (exact) mass is 594 g/mol. The van der Waals surface area contributed by atoms with Crippen molar-refractivity contribution in [1.29, 1.82) is 0 Å². The van der Waals surface area contributed by atoms with Crippen molar-refractivity contribution >= 4 is 17.6 Å². The molecule has 1 aromatic carbocycles. The average molecular weight is 595 g/mol. The molecule has 1 unspecified atom stereocenters. The Morgan fingerprint density at radius 3 is 2.74 bits per heavy atom. The molecule has 3 aromatic heterocycles. The third-order valence-corrected chi connectivity index (χ3v) is 8.59. The summed E-state index contributed by atoms with van der Waals surface area (Å²) in [5.41, 5.74) is 1.34. The second-order valence-electron chi connectivity index (χ2n) is 11.2. The fourth-order valence-electron chi connectivity index (χ4n) is 6.61. The molecule has 13 heteroatoms. The molecule has 43 heavy (non-hydrogen) atoms. The minimum absolute atomic E-state index is 0.00524. The highest BCUT2D eigenvalue weighted by molar-refractivity contribution is 6.06. The van der Waals surface area contributed by atoms with Crippen LogP contribution in [-0.4, -0.2) is 37.5 Å². The number of fused-ring (bicyclic) bond motifs is 4. The van der Waals surface area contributed by atoms with Crippen LogP contribution >= 0.6 is 0 Å². The second kappa shape index (κ2) is 9.68. The highest BCUT2D eigenvalue weighted by Crippen LogP contribution is 2.46. The van der Waals surface area contributed by atoms with Gasteiger partial charge in [-0.05, 0) is 42.2 Å². The number of aromatic nitrogens is 4. The Kier molecular flexibility index (Phi) is 6.12. The lowest BCUT2D eigenvalue weighted by Gasteiger charge is -2.32. The van der Waals surface area contributed by atoms with Gasteiger partial charge in [0.1, 0.15) is 11.6 Å². The van der Waals surface area contributed by atoms with Gasteiger partial charge in [-0.2, -0.15) is 13.2 Å². The number of pyridine rings is 2. The molecule has 2 amide bonds. The van der Waals surface area contributed by atoms with Gasteiger partial charge in [0.05, 0.1) is 23.4 Å². The lowest BCUT2D eigenvalue weighted by atomic mass is 9.80. The summed E-state index contributed by atoms with van der Waals surface area (Å²) >= 11 is 0. The molecule has 0 saturated heterocycles. The molecular formula is C30H23F5N6O2. The zero-order valence-electron chi connectivity index (χ0n) is 22.4. The predicted molar refractivity (Wildman–Crippen MR) is 142 cm³/mol. The van der Waals surface area contributed by atoms with Crippen molar-refractivity contribution in [2.24, 2.45) is 0 Å². The molecule has 7 rings (SSSR count). The summed E-state index contributed by atoms with van der Waals surface area (Å²) in [4.78, 5) is 39.4. The minimum Gasteiger partial charge on any atom is -0.342 e. The Morgan fingerprint density at radius 2 is 1.93 bits per heavy atom. The Balaban J connectivity index is 1.18. The van der Waals surface area contributed by atoms with Gasteiger partial charge in [-0.1, -0.05) is 18.2 Å². The molecule has 220 valence electrons. The van der Waals surface area contributed by atoms with Gasteiger partial charge in [-0.3, -0.25) is 14.6 Å². The van der Waals surface area contributed by atoms with Crippen molar-refractivity contribution in [2.75, 3.05) is 5.32 Å². The Morgan fingerprint density at radius 1 is 1.09 bits per heavy atom. The van der Waals surface area contributed by atoms with E-state index in [-0.39, 0.29) is 41.5 Å². The number of nitrogens with zero attached hydrogens (tertiary/aromatic N) is 4. The van der Waals surface area contributed by atoms with Gasteiger partial charge < -0.3 is 15.2 Å². The van der Waals surface area contributed by atoms with Gasteiger partial charge in [-0.25, -0.2) is 18.7 Å². The molecule has 1 spiro atoms. The molecule has 0 radical (unpaired) electrons. The summed E-state index contributed by atoms with van der Waals surface area (Å²) < 4.78 is 70.2. The van der Waals surface area contributed by atoms with E-state index < -0.39 is 47.5 Å². The van der Waals surface area contributed by atoms with E-state index in [2.05, 4.69) is 25.6 Å². The van der Waals surface area contributed by atoms with Gasteiger partial charge in [-0.15, -0.1) is 0 Å². The number of alkyl halides is 3. The fourth-order valence-corrected chi connectivity index (χ4v) is 6.61. The highest BCUT2D eigenvalue weighted by atomic mass is 19.4. The average Bonchev–Trinajstić information content (AvgIpc) is 3.63. The number of rotatable bonds is 4. The van der Waals surface area contributed by atoms with E-state index in [0.29, 0.717) is 24.4 Å². The predicted octanol–water partition coefficient (Wildman–Crippen LogP) is 4.70. The topological polar surface area (TPSA) is 102 Å². The van der Waals surface area contributed by atoms with E-state index in [4.69, 9.17) is 0 Å². The van der Waals surface area contributed by atoms with Crippen LogP contribution in [0.25, 0.3) is 0 Å². The molecular weight excluding hydrogens is 571 g/mol. The molecule has 5 heterocycles. The number of halogens is 5. The van der Waals surface area contributed by atoms with E-state index in [0.717, 1.165) is 23.4 Å². The number of carbonyl (C=O) groups excluding carboxylic acids is 2. The number of nitrogens with one attached hydrogen (secondary N) is 2. The number of benzene rings is 1. The van der Waals surface area contributed by atoms with Crippen LogP contribution in [0.4, 0.5) is 27.8 Å². The van der Waals surface area contributed by atoms with Gasteiger partial charge in [0.25, 0.3) is 5.91 Å². The number of imidazole rings is 1. The molecule has 3 atom stereocenters. The van der Waals surface area contributed by atoms with Crippen molar-refractivity contribution < 1.29 is 31.5 Å². The van der Waals surface area contributed by atoms with Crippen LogP contribution in [0.2, 0.25) is 0 Å². The first-order valence-electron chi connectivity index (χ1n) is 13.6. The van der Waals surface area contributed by atoms with Crippen LogP contribution in [0.15, 0.2) is 55.0 Å². The maximum atomic E-state index is 14.8. The lowest BCUT2D eigenvalue weighted by Crippen LogP contribution is -2.36. The van der Waals surface area contributed by atoms with Gasteiger partial charge >= 0.3 is 6.18 Å². The van der Waals surface area contributed by atoms with E-state index >= 15 is 0 Å². The van der Waals surface area contributed by atoms with Crippen molar-refractivity contribution in [3.63, 3.8) is 0 Å². The SMILES string of the molecule is O=C(N[C@H]1C[C@@H](c2cccc(F)c2F)Cn2c(CC(F)(F)F)cnc21)c1cnc2c(c1)CC1(C2)C(=O)Nc2ncccc21. The number of carbonyl (C=O) groups is 2. The summed E-state index contributed by atoms with van der Waals surface area (Å²) in [5.74, 6) is -2.94. The van der Waals surface area contributed by atoms with Crippen LogP contribution in [0.1, 0.15) is 62.6 Å². The summed E-state index contributed by atoms with van der Waals surface area (Å²) in [6.45, 7) is -0.0611. The number of hydrogen-bond acceptors (Lipinski definition) is 5. The molecule has 0 bridgehead atoms. The summed E-state index contributed by atoms with van der Waals surface area (Å²) in [5, 5.41) is 5.65. The third-order valence-electron chi connectivity index (χ3n) is 8.59. The first-order chi connectivity index (χ1) is 20.5. The number of anilines is 1. The van der Waals surface area contributed by atoms with E-state index in [1.807, 2.05) is 6.07 Å². The molecule has 8 nitrogen and oxygen atoms in total. The number of amides is 2. The Bertz CT molecular complexity index is 1800. The van der Waals surface area contributed by atoms with E-state index in [1.165, 1.54) is 22.9 Å². The standard InChI is InChI=1S/C30H23F5N6O2/c31-21-5-1-3-19(24(21)32)17-8-22(26-38-13-18(41(26)14-17)10-30(33,34)35)39-27(42)16-7-15-9-29(11-23(15)37-12-16)20-4-2-6-36-25(20)40-28(29)43/h1-7,12-13,17,22H,8-11,14H2,(H,39,42)(H,36,40,43)/t17-,22+,29?/m1/s1. The number of hydrogen-bond donors (Lipinski definition) is 2. The quantitative estimate of drug-likeness (QED) is 0.334. The summed E-state index contributed by atoms with van der Waals surface area (Å²) in [6.07, 6.45) is -0.958. The molecule has 4 aromatic rings. The van der Waals surface area contributed by atoms with Gasteiger partial charge in [0, 0.05) is 54.4 Å². The van der Waals surface area contributed by atoms with Gasteiger partial charge in [0.2, 0.25) is 5.91 Å². The van der Waals surface area contributed by atoms with Crippen LogP contribution < -0.4 is 10.6 Å². The smallest absolute Gasteiger partial charge is 0.342 e. The maximum Gasteiger partial charge on any atom is 0.394 e. The fraction of sp³-hybridized carbons (Fsp3) is 0.300. The van der Waals surface area contributed by atoms with E-state index in [9.17, 15) is 31.5 Å². The van der Waals surface area contributed by atoms with Crippen molar-refractivity contribution in [2.45, 2.75) is 55.8 Å². The van der Waals surface area contributed by atoms with Crippen molar-refractivity contribution in [3.8, 4) is 0 Å². The Hall–Kier alpha value is -4.68. The molecule has 2 N–H and O–H groups in total. The highest BCUT2D eigenvalue weighted by Gasteiger charge is 2.51. The third kappa shape index (κ3) is 4.54. The van der Waals surface area contributed by atoms with Gasteiger partial charge in [0.15, 0.2) is 11.6 Å². The second-order valence-corrected chi connectivity index (χ2v) is 11.2. The van der Waals surface area contributed by atoms with Crippen LogP contribution in [0.5, 0.6) is 0 Å². The normalized spacial score (nSPS) is 22.2. The van der Waals surface area contributed by atoms with Crippen molar-refractivity contribution in [1.82, 2.24) is 24.8 Å². The maximum absolute atomic E-state index is 14.8.